The quantitative estimate of drug-likeness (QED) is 0.161. The second-order valence-electron chi connectivity index (χ2n) is 12.4. The van der Waals surface area contributed by atoms with E-state index in [1.807, 2.05) is 86.3 Å². The summed E-state index contributed by atoms with van der Waals surface area (Å²) < 4.78 is 12.4. The van der Waals surface area contributed by atoms with E-state index in [0.29, 0.717) is 30.0 Å². The molecule has 0 saturated heterocycles. The van der Waals surface area contributed by atoms with Gasteiger partial charge in [-0.05, 0) is 93.7 Å². The third-order valence-electron chi connectivity index (χ3n) is 9.01. The van der Waals surface area contributed by atoms with E-state index >= 15 is 0 Å². The molecule has 2 saturated carbocycles. The van der Waals surface area contributed by atoms with Crippen LogP contribution in [0.4, 0.5) is 16.2 Å². The molecule has 0 aliphatic heterocycles. The lowest BCUT2D eigenvalue weighted by Crippen LogP contribution is -2.44. The van der Waals surface area contributed by atoms with Gasteiger partial charge in [-0.25, -0.2) is 14.4 Å². The Morgan fingerprint density at radius 3 is 2.19 bits per heavy atom. The van der Waals surface area contributed by atoms with Gasteiger partial charge in [-0.1, -0.05) is 67.4 Å². The number of hydrogen-bond donors (Lipinski definition) is 2. The van der Waals surface area contributed by atoms with Gasteiger partial charge in [-0.15, -0.1) is 0 Å². The molecular formula is C38H47N3O6. The summed E-state index contributed by atoms with van der Waals surface area (Å²) in [6.45, 7) is 7.06. The van der Waals surface area contributed by atoms with Crippen molar-refractivity contribution in [3.63, 3.8) is 0 Å². The monoisotopic (exact) mass is 641 g/mol. The SMILES string of the molecule is Cc1ccccc1N=C=O.Cc1ccccc1NC(=O)N(CCO[C@@H]1CCC[C@H](OCc2cccc(C)c2C(=O)O)C1)C1CCCC1. The minimum absolute atomic E-state index is 0.0381. The topological polar surface area (TPSA) is 118 Å². The fourth-order valence-electron chi connectivity index (χ4n) is 6.39. The van der Waals surface area contributed by atoms with Gasteiger partial charge >= 0.3 is 12.0 Å². The van der Waals surface area contributed by atoms with Crippen LogP contribution in [0.1, 0.15) is 84.0 Å². The van der Waals surface area contributed by atoms with E-state index in [4.69, 9.17) is 9.47 Å². The van der Waals surface area contributed by atoms with E-state index in [9.17, 15) is 19.5 Å². The Balaban J connectivity index is 0.000000427. The first kappa shape index (κ1) is 35.6. The van der Waals surface area contributed by atoms with Crippen LogP contribution in [0.3, 0.4) is 0 Å². The molecule has 3 aromatic carbocycles. The first-order valence-corrected chi connectivity index (χ1v) is 16.6. The summed E-state index contributed by atoms with van der Waals surface area (Å²) in [6, 6.07) is 21.0. The number of anilines is 1. The summed E-state index contributed by atoms with van der Waals surface area (Å²) in [6.07, 6.45) is 9.73. The van der Waals surface area contributed by atoms with Crippen molar-refractivity contribution in [3.8, 4) is 0 Å². The van der Waals surface area contributed by atoms with Crippen molar-refractivity contribution in [1.29, 1.82) is 0 Å². The number of carboxylic acids is 1. The molecule has 2 aliphatic rings. The van der Waals surface area contributed by atoms with Gasteiger partial charge in [-0.2, -0.15) is 4.99 Å². The Bertz CT molecular complexity index is 1530. The molecule has 47 heavy (non-hydrogen) atoms. The van der Waals surface area contributed by atoms with Crippen molar-refractivity contribution in [2.75, 3.05) is 18.5 Å². The number of carboxylic acid groups (broad SMARTS) is 1. The molecule has 2 amide bonds. The maximum absolute atomic E-state index is 13.2. The Morgan fingerprint density at radius 2 is 1.51 bits per heavy atom. The van der Waals surface area contributed by atoms with E-state index in [0.717, 1.165) is 73.7 Å². The average Bonchev–Trinajstić information content (AvgIpc) is 3.59. The minimum atomic E-state index is -0.917. The molecule has 250 valence electrons. The number of nitrogens with zero attached hydrogens (tertiary/aromatic N) is 2. The van der Waals surface area contributed by atoms with Gasteiger partial charge < -0.3 is 24.8 Å². The molecular weight excluding hydrogens is 594 g/mol. The Morgan fingerprint density at radius 1 is 0.851 bits per heavy atom. The number of amides is 2. The van der Waals surface area contributed by atoms with Crippen LogP contribution < -0.4 is 5.32 Å². The third kappa shape index (κ3) is 10.6. The van der Waals surface area contributed by atoms with Crippen LogP contribution in [-0.2, 0) is 20.9 Å². The third-order valence-corrected chi connectivity index (χ3v) is 9.01. The van der Waals surface area contributed by atoms with Crippen LogP contribution >= 0.6 is 0 Å². The van der Waals surface area contributed by atoms with Crippen LogP contribution in [0, 0.1) is 20.8 Å². The molecule has 5 rings (SSSR count). The highest BCUT2D eigenvalue weighted by Crippen LogP contribution is 2.27. The number of aliphatic imine (C=N–C) groups is 1. The zero-order chi connectivity index (χ0) is 33.6. The molecule has 0 unspecified atom stereocenters. The number of benzene rings is 3. The molecule has 9 nitrogen and oxygen atoms in total. The maximum Gasteiger partial charge on any atom is 0.336 e. The zero-order valence-corrected chi connectivity index (χ0v) is 27.7. The fourth-order valence-corrected chi connectivity index (χ4v) is 6.39. The van der Waals surface area contributed by atoms with Gasteiger partial charge in [0.2, 0.25) is 6.08 Å². The van der Waals surface area contributed by atoms with Crippen molar-refractivity contribution in [1.82, 2.24) is 4.90 Å². The number of carbonyl (C=O) groups is 2. The van der Waals surface area contributed by atoms with Gasteiger partial charge in [0, 0.05) is 18.3 Å². The summed E-state index contributed by atoms with van der Waals surface area (Å²) >= 11 is 0. The van der Waals surface area contributed by atoms with Gasteiger partial charge in [0.1, 0.15) is 0 Å². The first-order valence-electron chi connectivity index (χ1n) is 16.6. The highest BCUT2D eigenvalue weighted by atomic mass is 16.5. The summed E-state index contributed by atoms with van der Waals surface area (Å²) in [5, 5.41) is 12.7. The minimum Gasteiger partial charge on any atom is -0.478 e. The second-order valence-corrected chi connectivity index (χ2v) is 12.4. The standard InChI is InChI=1S/C30H40N2O5.C8H7NO/c1-21-9-3-6-16-27(21)31-30(35)32(24-12-4-5-13-24)17-18-36-25-14-8-15-26(19-25)37-20-23-11-7-10-22(2)28(23)29(33)34;1-7-4-2-3-5-8(7)9-6-10/h3,6-7,9-11,16,24-26H,4-5,8,12-15,17-20H2,1-2H3,(H,31,35)(H,33,34);2-5H,1H3/t25-,26+;/m1./s1. The van der Waals surface area contributed by atoms with Crippen molar-refractivity contribution in [3.05, 3.63) is 94.5 Å². The fraction of sp³-hybridized carbons (Fsp3) is 0.447. The molecule has 2 aliphatic carbocycles. The predicted molar refractivity (Wildman–Crippen MR) is 183 cm³/mol. The van der Waals surface area contributed by atoms with Crippen molar-refractivity contribution >= 4 is 29.5 Å². The molecule has 9 heteroatoms. The summed E-state index contributed by atoms with van der Waals surface area (Å²) in [5.74, 6) is -0.917. The second kappa shape index (κ2) is 18.1. The highest BCUT2D eigenvalue weighted by Gasteiger charge is 2.28. The van der Waals surface area contributed by atoms with E-state index in [1.54, 1.807) is 6.07 Å². The number of isocyanates is 1. The summed E-state index contributed by atoms with van der Waals surface area (Å²) in [5.41, 5.74) is 5.38. The molecule has 0 bridgehead atoms. The molecule has 2 fully saturated rings. The van der Waals surface area contributed by atoms with Gasteiger partial charge in [0.25, 0.3) is 0 Å². The lowest BCUT2D eigenvalue weighted by molar-refractivity contribution is -0.0531. The van der Waals surface area contributed by atoms with Crippen LogP contribution in [0.25, 0.3) is 0 Å². The number of aryl methyl sites for hydroxylation is 3. The van der Waals surface area contributed by atoms with Crippen molar-refractivity contribution in [2.45, 2.75) is 97.0 Å². The zero-order valence-electron chi connectivity index (χ0n) is 27.7. The largest absolute Gasteiger partial charge is 0.478 e. The average molecular weight is 642 g/mol. The van der Waals surface area contributed by atoms with E-state index < -0.39 is 5.97 Å². The first-order chi connectivity index (χ1) is 22.8. The Hall–Kier alpha value is -4.30. The molecule has 0 heterocycles. The Labute approximate surface area is 278 Å². The number of carbonyl (C=O) groups excluding carboxylic acids is 2. The maximum atomic E-state index is 13.2. The number of hydrogen-bond acceptors (Lipinski definition) is 6. The summed E-state index contributed by atoms with van der Waals surface area (Å²) in [7, 11) is 0. The van der Waals surface area contributed by atoms with Crippen LogP contribution in [0.2, 0.25) is 0 Å². The van der Waals surface area contributed by atoms with Gasteiger partial charge in [0.05, 0.1) is 36.7 Å². The van der Waals surface area contributed by atoms with Crippen molar-refractivity contribution in [2.24, 2.45) is 4.99 Å². The molecule has 0 spiro atoms. The number of para-hydroxylation sites is 2. The van der Waals surface area contributed by atoms with Crippen LogP contribution in [0.15, 0.2) is 71.7 Å². The Kier molecular flexibility index (Phi) is 13.7. The highest BCUT2D eigenvalue weighted by molar-refractivity contribution is 5.91. The molecule has 2 atom stereocenters. The molecule has 0 radical (unpaired) electrons. The number of ether oxygens (including phenoxy) is 2. The molecule has 3 aromatic rings. The number of nitrogens with one attached hydrogen (secondary N) is 1. The van der Waals surface area contributed by atoms with Crippen LogP contribution in [-0.4, -0.2) is 59.5 Å². The lowest BCUT2D eigenvalue weighted by atomic mass is 9.94. The normalized spacial score (nSPS) is 17.6. The van der Waals surface area contributed by atoms with Gasteiger partial charge in [-0.3, -0.25) is 0 Å². The number of rotatable bonds is 11. The predicted octanol–water partition coefficient (Wildman–Crippen LogP) is 8.29. The van der Waals surface area contributed by atoms with Gasteiger partial charge in [0.15, 0.2) is 0 Å². The van der Waals surface area contributed by atoms with E-state index in [2.05, 4.69) is 10.3 Å². The summed E-state index contributed by atoms with van der Waals surface area (Å²) in [4.78, 5) is 40.2. The van der Waals surface area contributed by atoms with Crippen molar-refractivity contribution < 1.29 is 29.0 Å². The van der Waals surface area contributed by atoms with E-state index in [1.165, 1.54) is 6.08 Å². The molecule has 0 aromatic heterocycles. The number of urea groups is 1. The molecule has 2 N–H and O–H groups in total. The van der Waals surface area contributed by atoms with E-state index in [-0.39, 0.29) is 30.9 Å². The smallest absolute Gasteiger partial charge is 0.336 e. The van der Waals surface area contributed by atoms with Crippen LogP contribution in [0.5, 0.6) is 0 Å². The lowest BCUT2D eigenvalue weighted by Gasteiger charge is -2.32. The number of aromatic carboxylic acids is 1.